The van der Waals surface area contributed by atoms with Crippen molar-refractivity contribution < 1.29 is 18.3 Å². The number of aromatic nitrogens is 1. The number of phenols is 1. The number of hydrogen-bond acceptors (Lipinski definition) is 4. The minimum Gasteiger partial charge on any atom is -0.507 e. The first-order valence-electron chi connectivity index (χ1n) is 7.63. The van der Waals surface area contributed by atoms with Crippen molar-refractivity contribution in [1.82, 2.24) is 4.98 Å². The second kappa shape index (κ2) is 6.22. The van der Waals surface area contributed by atoms with Crippen LogP contribution in [0.1, 0.15) is 27.0 Å². The number of hydrogen-bond donors (Lipinski definition) is 2. The molecule has 0 saturated carbocycles. The number of phenolic OH excluding ortho intramolecular Hbond substituents is 1. The third-order valence-electron chi connectivity index (χ3n) is 3.94. The number of nitrogens with one attached hydrogen (secondary N) is 1. The lowest BCUT2D eigenvalue weighted by Crippen LogP contribution is -2.03. The van der Waals surface area contributed by atoms with Crippen LogP contribution >= 0.6 is 0 Å². The number of aryl methyl sites for hydroxylation is 2. The number of carbonyl (C=O) groups is 1. The van der Waals surface area contributed by atoms with E-state index in [1.807, 2.05) is 6.92 Å². The molecule has 2 aromatic carbocycles. The molecule has 0 radical (unpaired) electrons. The van der Waals surface area contributed by atoms with Crippen molar-refractivity contribution in [2.75, 3.05) is 0 Å². The maximum absolute atomic E-state index is 12.6. The van der Waals surface area contributed by atoms with E-state index in [4.69, 9.17) is 0 Å². The minimum atomic E-state index is -3.74. The van der Waals surface area contributed by atoms with Gasteiger partial charge in [-0.15, -0.1) is 0 Å². The molecule has 0 bridgehead atoms. The zero-order chi connectivity index (χ0) is 18.2. The third kappa shape index (κ3) is 3.21. The molecule has 0 spiro atoms. The summed E-state index contributed by atoms with van der Waals surface area (Å²) in [5, 5.41) is 9.88. The van der Waals surface area contributed by atoms with Gasteiger partial charge >= 0.3 is 0 Å². The van der Waals surface area contributed by atoms with Gasteiger partial charge in [0.05, 0.1) is 10.5 Å². The summed E-state index contributed by atoms with van der Waals surface area (Å²) in [5.74, 6) is -0.576. The van der Waals surface area contributed by atoms with Gasteiger partial charge < -0.3 is 10.1 Å². The molecule has 5 nitrogen and oxygen atoms in total. The molecule has 0 saturated heterocycles. The lowest BCUT2D eigenvalue weighted by molar-refractivity contribution is 0.103. The first-order valence-corrected chi connectivity index (χ1v) is 9.12. The van der Waals surface area contributed by atoms with Crippen LogP contribution in [0.25, 0.3) is 0 Å². The Morgan fingerprint density at radius 1 is 0.960 bits per heavy atom. The Kier molecular flexibility index (Phi) is 4.22. The van der Waals surface area contributed by atoms with E-state index in [9.17, 15) is 18.3 Å². The van der Waals surface area contributed by atoms with Gasteiger partial charge in [-0.1, -0.05) is 23.8 Å². The molecular formula is C19H17NO4S. The maximum Gasteiger partial charge on any atom is 0.221 e. The lowest BCUT2D eigenvalue weighted by Gasteiger charge is -2.03. The number of aromatic hydroxyl groups is 1. The molecule has 0 aliphatic carbocycles. The molecule has 0 amide bonds. The van der Waals surface area contributed by atoms with Crippen LogP contribution in [0.2, 0.25) is 0 Å². The molecule has 0 aliphatic rings. The van der Waals surface area contributed by atoms with Crippen LogP contribution in [-0.4, -0.2) is 24.3 Å². The predicted octanol–water partition coefficient (Wildman–Crippen LogP) is 3.40. The van der Waals surface area contributed by atoms with E-state index < -0.39 is 15.6 Å². The van der Waals surface area contributed by atoms with Gasteiger partial charge in [0.15, 0.2) is 5.78 Å². The van der Waals surface area contributed by atoms with Crippen LogP contribution in [-0.2, 0) is 9.84 Å². The summed E-state index contributed by atoms with van der Waals surface area (Å²) in [6, 6.07) is 12.5. The van der Waals surface area contributed by atoms with Crippen molar-refractivity contribution >= 4 is 15.6 Å². The molecular weight excluding hydrogens is 338 g/mol. The number of ketones is 1. The van der Waals surface area contributed by atoms with Crippen molar-refractivity contribution in [3.8, 4) is 5.75 Å². The smallest absolute Gasteiger partial charge is 0.221 e. The second-order valence-corrected chi connectivity index (χ2v) is 7.84. The third-order valence-corrected chi connectivity index (χ3v) is 5.64. The Morgan fingerprint density at radius 3 is 2.24 bits per heavy atom. The molecule has 6 heteroatoms. The summed E-state index contributed by atoms with van der Waals surface area (Å²) in [6.07, 6.45) is 1.34. The van der Waals surface area contributed by atoms with E-state index in [0.29, 0.717) is 0 Å². The zero-order valence-electron chi connectivity index (χ0n) is 13.8. The normalized spacial score (nSPS) is 11.4. The molecule has 25 heavy (non-hydrogen) atoms. The fraction of sp³-hybridized carbons (Fsp3) is 0.105. The molecule has 2 N–H and O–H groups in total. The van der Waals surface area contributed by atoms with Crippen LogP contribution in [0.4, 0.5) is 0 Å². The average Bonchev–Trinajstić information content (AvgIpc) is 3.05. The molecule has 3 aromatic rings. The van der Waals surface area contributed by atoms with E-state index in [1.165, 1.54) is 36.5 Å². The van der Waals surface area contributed by atoms with Gasteiger partial charge in [0, 0.05) is 11.8 Å². The first-order chi connectivity index (χ1) is 11.8. The molecule has 0 atom stereocenters. The van der Waals surface area contributed by atoms with E-state index in [1.54, 1.807) is 25.1 Å². The van der Waals surface area contributed by atoms with E-state index in [0.717, 1.165) is 11.1 Å². The Labute approximate surface area is 145 Å². The monoisotopic (exact) mass is 355 g/mol. The highest BCUT2D eigenvalue weighted by Crippen LogP contribution is 2.25. The first kappa shape index (κ1) is 17.0. The summed E-state index contributed by atoms with van der Waals surface area (Å²) >= 11 is 0. The summed E-state index contributed by atoms with van der Waals surface area (Å²) in [4.78, 5) is 15.3. The van der Waals surface area contributed by atoms with Gasteiger partial charge in [-0.3, -0.25) is 4.79 Å². The van der Waals surface area contributed by atoms with Crippen LogP contribution in [0, 0.1) is 13.8 Å². The second-order valence-electron chi connectivity index (χ2n) is 5.92. The molecule has 0 fully saturated rings. The van der Waals surface area contributed by atoms with Gasteiger partial charge in [0.25, 0.3) is 0 Å². The zero-order valence-corrected chi connectivity index (χ0v) is 14.6. The number of rotatable bonds is 4. The van der Waals surface area contributed by atoms with E-state index >= 15 is 0 Å². The summed E-state index contributed by atoms with van der Waals surface area (Å²) in [6.45, 7) is 3.67. The molecule has 3 rings (SSSR count). The average molecular weight is 355 g/mol. The molecule has 0 aliphatic heterocycles. The van der Waals surface area contributed by atoms with Gasteiger partial charge in [-0.25, -0.2) is 8.42 Å². The van der Waals surface area contributed by atoms with Crippen molar-refractivity contribution in [1.29, 1.82) is 0 Å². The molecule has 1 aromatic heterocycles. The van der Waals surface area contributed by atoms with E-state index in [2.05, 4.69) is 4.98 Å². The van der Waals surface area contributed by atoms with Crippen molar-refractivity contribution in [3.05, 3.63) is 77.0 Å². The quantitative estimate of drug-likeness (QED) is 0.702. The Balaban J connectivity index is 1.97. The molecule has 1 heterocycles. The maximum atomic E-state index is 12.6. The van der Waals surface area contributed by atoms with Gasteiger partial charge in [0.2, 0.25) is 9.84 Å². The van der Waals surface area contributed by atoms with Crippen LogP contribution < -0.4 is 0 Å². The van der Waals surface area contributed by atoms with Crippen molar-refractivity contribution in [2.45, 2.75) is 23.8 Å². The van der Waals surface area contributed by atoms with Gasteiger partial charge in [-0.05, 0) is 49.7 Å². The van der Waals surface area contributed by atoms with Crippen LogP contribution in [0.15, 0.2) is 64.6 Å². The molecule has 128 valence electrons. The topological polar surface area (TPSA) is 87.2 Å². The number of sulfone groups is 1. The Bertz CT molecular complexity index is 1050. The predicted molar refractivity (Wildman–Crippen MR) is 93.7 cm³/mol. The Hall–Kier alpha value is -2.86. The van der Waals surface area contributed by atoms with Gasteiger partial charge in [0.1, 0.15) is 10.8 Å². The lowest BCUT2D eigenvalue weighted by atomic mass is 10.0. The number of carbonyl (C=O) groups excluding carboxylic acids is 1. The Morgan fingerprint density at radius 2 is 1.60 bits per heavy atom. The fourth-order valence-corrected chi connectivity index (χ4v) is 3.74. The SMILES string of the molecule is Cc1ccc(S(=O)(=O)c2cc(C(=O)c3ccc(C)cc3O)c[nH]2)cc1. The molecule has 0 unspecified atom stereocenters. The summed E-state index contributed by atoms with van der Waals surface area (Å²) in [7, 11) is -3.74. The van der Waals surface area contributed by atoms with Crippen LogP contribution in [0.5, 0.6) is 5.75 Å². The summed E-state index contributed by atoms with van der Waals surface area (Å²) in [5.41, 5.74) is 2.08. The highest BCUT2D eigenvalue weighted by atomic mass is 32.2. The summed E-state index contributed by atoms with van der Waals surface area (Å²) < 4.78 is 25.3. The number of aromatic amines is 1. The standard InChI is InChI=1S/C19H17NO4S/c1-12-3-6-15(7-4-12)25(23,24)18-10-14(11-20-18)19(22)16-8-5-13(2)9-17(16)21/h3-11,20-21H,1-2H3. The number of H-pyrrole nitrogens is 1. The van der Waals surface area contributed by atoms with Crippen molar-refractivity contribution in [3.63, 3.8) is 0 Å². The van der Waals surface area contributed by atoms with Crippen molar-refractivity contribution in [2.24, 2.45) is 0 Å². The van der Waals surface area contributed by atoms with Crippen LogP contribution in [0.3, 0.4) is 0 Å². The van der Waals surface area contributed by atoms with E-state index in [-0.39, 0.29) is 26.8 Å². The highest BCUT2D eigenvalue weighted by Gasteiger charge is 2.22. The number of benzene rings is 2. The largest absolute Gasteiger partial charge is 0.507 e. The fourth-order valence-electron chi connectivity index (χ4n) is 2.49. The minimum absolute atomic E-state index is 0.0636. The highest BCUT2D eigenvalue weighted by molar-refractivity contribution is 7.91. The van der Waals surface area contributed by atoms with Gasteiger partial charge in [-0.2, -0.15) is 0 Å².